The van der Waals surface area contributed by atoms with Crippen LogP contribution in [0.4, 0.5) is 0 Å². The van der Waals surface area contributed by atoms with Crippen molar-refractivity contribution in [2.75, 3.05) is 13.1 Å². The SMILES string of the molecule is O=C(c1ccc2nc[nH]c2c1)N1CC[C@H]2[C@@H]1CCN2C(=O)c1cc(-c2ccccc2)n[nH]1. The van der Waals surface area contributed by atoms with Crippen molar-refractivity contribution in [2.45, 2.75) is 24.9 Å². The molecule has 0 spiro atoms. The molecule has 160 valence electrons. The van der Waals surface area contributed by atoms with Gasteiger partial charge in [-0.05, 0) is 37.1 Å². The number of nitrogens with zero attached hydrogens (tertiary/aromatic N) is 4. The highest BCUT2D eigenvalue weighted by Gasteiger charge is 2.46. The van der Waals surface area contributed by atoms with Gasteiger partial charge >= 0.3 is 0 Å². The minimum Gasteiger partial charge on any atom is -0.345 e. The predicted octanol–water partition coefficient (Wildman–Crippen LogP) is 3.08. The van der Waals surface area contributed by atoms with Crippen molar-refractivity contribution in [2.24, 2.45) is 0 Å². The number of amides is 2. The molecule has 2 aliphatic heterocycles. The van der Waals surface area contributed by atoms with Crippen molar-refractivity contribution in [1.82, 2.24) is 30.0 Å². The van der Waals surface area contributed by atoms with Crippen molar-refractivity contribution in [3.63, 3.8) is 0 Å². The van der Waals surface area contributed by atoms with Gasteiger partial charge in [0.2, 0.25) is 0 Å². The van der Waals surface area contributed by atoms with Crippen LogP contribution in [-0.2, 0) is 0 Å². The van der Waals surface area contributed by atoms with E-state index >= 15 is 0 Å². The lowest BCUT2D eigenvalue weighted by atomic mass is 10.1. The summed E-state index contributed by atoms with van der Waals surface area (Å²) in [6.45, 7) is 1.29. The molecular formula is C24H22N6O2. The van der Waals surface area contributed by atoms with Crippen LogP contribution < -0.4 is 0 Å². The van der Waals surface area contributed by atoms with Gasteiger partial charge in [-0.15, -0.1) is 0 Å². The summed E-state index contributed by atoms with van der Waals surface area (Å²) < 4.78 is 0. The van der Waals surface area contributed by atoms with Crippen molar-refractivity contribution in [1.29, 1.82) is 0 Å². The average Bonchev–Trinajstić information content (AvgIpc) is 3.62. The van der Waals surface area contributed by atoms with E-state index in [2.05, 4.69) is 20.2 Å². The fourth-order valence-corrected chi connectivity index (χ4v) is 5.07. The van der Waals surface area contributed by atoms with Crippen LogP contribution in [0.2, 0.25) is 0 Å². The molecule has 8 heteroatoms. The van der Waals surface area contributed by atoms with Crippen LogP contribution in [0.15, 0.2) is 60.9 Å². The van der Waals surface area contributed by atoms with E-state index in [1.807, 2.05) is 64.4 Å². The standard InChI is InChI=1S/C24H22N6O2/c31-23(16-6-7-17-19(12-16)26-14-25-17)29-10-8-22-21(29)9-11-30(22)24(32)20-13-18(27-28-20)15-4-2-1-3-5-15/h1-7,12-14,21-22H,8-11H2,(H,25,26)(H,27,28)/t21-,22-/m0/s1. The molecule has 2 aliphatic rings. The Balaban J connectivity index is 1.20. The number of rotatable bonds is 3. The Morgan fingerprint density at radius 3 is 2.44 bits per heavy atom. The molecule has 0 radical (unpaired) electrons. The molecule has 0 unspecified atom stereocenters. The smallest absolute Gasteiger partial charge is 0.272 e. The van der Waals surface area contributed by atoms with Gasteiger partial charge in [0.1, 0.15) is 5.69 Å². The van der Waals surface area contributed by atoms with Gasteiger partial charge in [-0.25, -0.2) is 4.98 Å². The first kappa shape index (κ1) is 18.8. The second-order valence-corrected chi connectivity index (χ2v) is 8.38. The molecule has 2 aromatic carbocycles. The van der Waals surface area contributed by atoms with E-state index in [0.717, 1.165) is 35.1 Å². The van der Waals surface area contributed by atoms with Crippen molar-refractivity contribution in [3.8, 4) is 11.3 Å². The van der Waals surface area contributed by atoms with E-state index in [4.69, 9.17) is 0 Å². The van der Waals surface area contributed by atoms with E-state index in [9.17, 15) is 9.59 Å². The highest BCUT2D eigenvalue weighted by Crippen LogP contribution is 2.34. The zero-order valence-corrected chi connectivity index (χ0v) is 17.4. The molecule has 4 aromatic rings. The van der Waals surface area contributed by atoms with Gasteiger partial charge in [-0.1, -0.05) is 30.3 Å². The zero-order valence-electron chi connectivity index (χ0n) is 17.4. The van der Waals surface area contributed by atoms with Crippen molar-refractivity contribution in [3.05, 3.63) is 72.2 Å². The molecular weight excluding hydrogens is 404 g/mol. The number of benzene rings is 2. The molecule has 0 saturated carbocycles. The number of hydrogen-bond acceptors (Lipinski definition) is 4. The number of aromatic amines is 2. The van der Waals surface area contributed by atoms with Crippen LogP contribution >= 0.6 is 0 Å². The minimum absolute atomic E-state index is 0.0104. The number of aromatic nitrogens is 4. The summed E-state index contributed by atoms with van der Waals surface area (Å²) in [5.74, 6) is -0.0448. The van der Waals surface area contributed by atoms with E-state index in [-0.39, 0.29) is 23.9 Å². The lowest BCUT2D eigenvalue weighted by Gasteiger charge is -2.25. The first-order valence-corrected chi connectivity index (χ1v) is 10.8. The lowest BCUT2D eigenvalue weighted by Crippen LogP contribution is -2.41. The van der Waals surface area contributed by atoms with Gasteiger partial charge in [-0.3, -0.25) is 14.7 Å². The van der Waals surface area contributed by atoms with Crippen LogP contribution in [-0.4, -0.2) is 67.0 Å². The Morgan fingerprint density at radius 2 is 1.66 bits per heavy atom. The number of likely N-dealkylation sites (tertiary alicyclic amines) is 2. The fraction of sp³-hybridized carbons (Fsp3) is 0.250. The summed E-state index contributed by atoms with van der Waals surface area (Å²) in [7, 11) is 0. The second-order valence-electron chi connectivity index (χ2n) is 8.38. The number of nitrogens with one attached hydrogen (secondary N) is 2. The number of carbonyl (C=O) groups is 2. The molecule has 4 heterocycles. The Kier molecular flexibility index (Phi) is 4.31. The first-order chi connectivity index (χ1) is 15.7. The number of hydrogen-bond donors (Lipinski definition) is 2. The van der Waals surface area contributed by atoms with Crippen LogP contribution in [0.3, 0.4) is 0 Å². The average molecular weight is 426 g/mol. The molecule has 2 atom stereocenters. The van der Waals surface area contributed by atoms with Gasteiger partial charge in [0.15, 0.2) is 0 Å². The third-order valence-electron chi connectivity index (χ3n) is 6.64. The highest BCUT2D eigenvalue weighted by atomic mass is 16.2. The largest absolute Gasteiger partial charge is 0.345 e. The van der Waals surface area contributed by atoms with Crippen LogP contribution in [0.25, 0.3) is 22.3 Å². The molecule has 2 amide bonds. The van der Waals surface area contributed by atoms with Gasteiger partial charge < -0.3 is 14.8 Å². The zero-order chi connectivity index (χ0) is 21.7. The molecule has 0 aliphatic carbocycles. The normalized spacial score (nSPS) is 20.1. The topological polar surface area (TPSA) is 98.0 Å². The predicted molar refractivity (Wildman–Crippen MR) is 119 cm³/mol. The number of H-pyrrole nitrogens is 2. The molecule has 8 nitrogen and oxygen atoms in total. The van der Waals surface area contributed by atoms with Crippen LogP contribution in [0, 0.1) is 0 Å². The van der Waals surface area contributed by atoms with E-state index < -0.39 is 0 Å². The van der Waals surface area contributed by atoms with Gasteiger partial charge in [0.25, 0.3) is 11.8 Å². The lowest BCUT2D eigenvalue weighted by molar-refractivity contribution is 0.0688. The quantitative estimate of drug-likeness (QED) is 0.526. The van der Waals surface area contributed by atoms with Crippen LogP contribution in [0.1, 0.15) is 33.7 Å². The van der Waals surface area contributed by atoms with Crippen molar-refractivity contribution < 1.29 is 9.59 Å². The Bertz CT molecular complexity index is 1310. The van der Waals surface area contributed by atoms with Gasteiger partial charge in [0, 0.05) is 24.2 Å². The summed E-state index contributed by atoms with van der Waals surface area (Å²) >= 11 is 0. The van der Waals surface area contributed by atoms with E-state index in [1.54, 1.807) is 6.33 Å². The van der Waals surface area contributed by atoms with Gasteiger partial charge in [-0.2, -0.15) is 5.10 Å². The third kappa shape index (κ3) is 2.98. The Hall–Kier alpha value is -3.94. The van der Waals surface area contributed by atoms with E-state index in [0.29, 0.717) is 24.3 Å². The molecule has 6 rings (SSSR count). The Morgan fingerprint density at radius 1 is 0.906 bits per heavy atom. The van der Waals surface area contributed by atoms with Crippen LogP contribution in [0.5, 0.6) is 0 Å². The molecule has 2 fully saturated rings. The maximum atomic E-state index is 13.2. The summed E-state index contributed by atoms with van der Waals surface area (Å²) in [5, 5.41) is 7.23. The summed E-state index contributed by atoms with van der Waals surface area (Å²) in [5.41, 5.74) is 4.54. The summed E-state index contributed by atoms with van der Waals surface area (Å²) in [6, 6.07) is 17.2. The number of imidazole rings is 1. The number of carbonyl (C=O) groups excluding carboxylic acids is 2. The van der Waals surface area contributed by atoms with Gasteiger partial charge in [0.05, 0.1) is 35.1 Å². The summed E-state index contributed by atoms with van der Waals surface area (Å²) in [4.78, 5) is 37.6. The maximum absolute atomic E-state index is 13.2. The fourth-order valence-electron chi connectivity index (χ4n) is 5.07. The molecule has 2 saturated heterocycles. The molecule has 2 N–H and O–H groups in total. The molecule has 2 aromatic heterocycles. The van der Waals surface area contributed by atoms with Crippen molar-refractivity contribution >= 4 is 22.8 Å². The van der Waals surface area contributed by atoms with E-state index in [1.165, 1.54) is 0 Å². The highest BCUT2D eigenvalue weighted by molar-refractivity contribution is 5.98. The Labute approximate surface area is 184 Å². The first-order valence-electron chi connectivity index (χ1n) is 10.8. The molecule has 0 bridgehead atoms. The monoisotopic (exact) mass is 426 g/mol. The number of fused-ring (bicyclic) bond motifs is 2. The third-order valence-corrected chi connectivity index (χ3v) is 6.64. The maximum Gasteiger partial charge on any atom is 0.272 e. The second kappa shape index (κ2) is 7.33. The summed E-state index contributed by atoms with van der Waals surface area (Å²) in [6.07, 6.45) is 3.20. The molecule has 32 heavy (non-hydrogen) atoms. The minimum atomic E-state index is -0.0552.